The minimum Gasteiger partial charge on any atom is -0.494 e. The molecule has 2 heterocycles. The Hall–Kier alpha value is -1.97. The maximum Gasteiger partial charge on any atom is 0.270 e. The summed E-state index contributed by atoms with van der Waals surface area (Å²) in [6.07, 6.45) is 1.40. The van der Waals surface area contributed by atoms with E-state index in [0.717, 1.165) is 22.8 Å². The fourth-order valence-electron chi connectivity index (χ4n) is 2.99. The number of ether oxygens (including phenoxy) is 1. The summed E-state index contributed by atoms with van der Waals surface area (Å²) in [6, 6.07) is 8.98. The van der Waals surface area contributed by atoms with Crippen LogP contribution in [0.25, 0.3) is 0 Å². The van der Waals surface area contributed by atoms with E-state index >= 15 is 0 Å². The van der Waals surface area contributed by atoms with E-state index in [4.69, 9.17) is 4.74 Å². The average molecular weight is 424 g/mol. The second-order valence-corrected chi connectivity index (χ2v) is 9.67. The fraction of sp³-hybridized carbons (Fsp3) is 0.421. The molecule has 1 aromatic carbocycles. The third kappa shape index (κ3) is 4.71. The average Bonchev–Trinajstić information content (AvgIpc) is 3.21. The Morgan fingerprint density at radius 1 is 1.25 bits per heavy atom. The number of nitrogens with one attached hydrogen (secondary N) is 1. The zero-order valence-corrected chi connectivity index (χ0v) is 17.7. The Morgan fingerprint density at radius 2 is 1.93 bits per heavy atom. The van der Waals surface area contributed by atoms with Crippen LogP contribution in [0.5, 0.6) is 5.75 Å². The van der Waals surface area contributed by atoms with Crippen LogP contribution in [0.2, 0.25) is 0 Å². The zero-order valence-electron chi connectivity index (χ0n) is 16.1. The molecule has 1 saturated heterocycles. The molecule has 0 spiro atoms. The van der Waals surface area contributed by atoms with Crippen molar-refractivity contribution in [1.29, 1.82) is 0 Å². The number of H-pyrrole nitrogens is 1. The number of amides is 1. The molecule has 0 saturated carbocycles. The predicted octanol–water partition coefficient (Wildman–Crippen LogP) is 2.42. The molecule has 0 aliphatic carbocycles. The molecule has 0 radical (unpaired) electrons. The molecule has 1 aromatic heterocycles. The van der Waals surface area contributed by atoms with Crippen molar-refractivity contribution in [3.05, 3.63) is 47.8 Å². The molecule has 1 N–H and O–H groups in total. The van der Waals surface area contributed by atoms with Gasteiger partial charge in [-0.15, -0.1) is 0 Å². The zero-order chi connectivity index (χ0) is 20.1. The Bertz CT molecular complexity index is 904. The van der Waals surface area contributed by atoms with Crippen LogP contribution in [0.3, 0.4) is 0 Å². The van der Waals surface area contributed by atoms with Gasteiger partial charge in [-0.25, -0.2) is 8.42 Å². The third-order valence-corrected chi connectivity index (χ3v) is 7.31. The van der Waals surface area contributed by atoms with Crippen LogP contribution in [0.4, 0.5) is 0 Å². The van der Waals surface area contributed by atoms with Crippen molar-refractivity contribution >= 4 is 27.7 Å². The minimum atomic E-state index is -3.57. The molecular formula is C19H25N3O4S2. The lowest BCUT2D eigenvalue weighted by atomic mass is 10.2. The molecule has 7 nitrogen and oxygen atoms in total. The van der Waals surface area contributed by atoms with Crippen molar-refractivity contribution < 1.29 is 17.9 Å². The van der Waals surface area contributed by atoms with Gasteiger partial charge in [0.25, 0.3) is 5.91 Å². The Kier molecular flexibility index (Phi) is 6.69. The first-order valence-electron chi connectivity index (χ1n) is 9.15. The highest BCUT2D eigenvalue weighted by molar-refractivity contribution is 7.99. The smallest absolute Gasteiger partial charge is 0.270 e. The van der Waals surface area contributed by atoms with Gasteiger partial charge in [-0.1, -0.05) is 12.1 Å². The molecule has 0 atom stereocenters. The van der Waals surface area contributed by atoms with Crippen LogP contribution >= 0.6 is 11.8 Å². The van der Waals surface area contributed by atoms with Crippen molar-refractivity contribution in [3.8, 4) is 5.75 Å². The first-order chi connectivity index (χ1) is 13.4. The van der Waals surface area contributed by atoms with Crippen LogP contribution in [-0.4, -0.2) is 66.8 Å². The number of carbonyl (C=O) groups is 1. The molecule has 1 aliphatic rings. The number of carbonyl (C=O) groups excluding carboxylic acids is 1. The van der Waals surface area contributed by atoms with Crippen LogP contribution in [0, 0.1) is 0 Å². The van der Waals surface area contributed by atoms with Gasteiger partial charge in [-0.05, 0) is 30.7 Å². The lowest BCUT2D eigenvalue weighted by Gasteiger charge is -2.24. The highest BCUT2D eigenvalue weighted by Crippen LogP contribution is 2.21. The van der Waals surface area contributed by atoms with E-state index in [-0.39, 0.29) is 16.5 Å². The first kappa shape index (κ1) is 20.8. The number of benzene rings is 1. The summed E-state index contributed by atoms with van der Waals surface area (Å²) in [5.41, 5.74) is 1.22. The van der Waals surface area contributed by atoms with E-state index in [1.807, 2.05) is 31.2 Å². The summed E-state index contributed by atoms with van der Waals surface area (Å²) in [4.78, 5) is 17.2. The number of rotatable bonds is 7. The van der Waals surface area contributed by atoms with Crippen LogP contribution < -0.4 is 4.74 Å². The number of aromatic nitrogens is 1. The minimum absolute atomic E-state index is 0.136. The van der Waals surface area contributed by atoms with Gasteiger partial charge in [0.1, 0.15) is 16.3 Å². The maximum absolute atomic E-state index is 12.7. The summed E-state index contributed by atoms with van der Waals surface area (Å²) >= 11 is 1.75. The molecule has 1 fully saturated rings. The van der Waals surface area contributed by atoms with Gasteiger partial charge in [0.05, 0.1) is 6.61 Å². The molecule has 1 amide bonds. The lowest BCUT2D eigenvalue weighted by Crippen LogP contribution is -2.37. The number of hydrogen-bond donors (Lipinski definition) is 1. The number of thioether (sulfide) groups is 1. The van der Waals surface area contributed by atoms with E-state index in [1.165, 1.54) is 16.6 Å². The number of hydrogen-bond acceptors (Lipinski definition) is 5. The van der Waals surface area contributed by atoms with Crippen LogP contribution in [0.15, 0.2) is 41.4 Å². The van der Waals surface area contributed by atoms with E-state index < -0.39 is 10.0 Å². The molecule has 1 aliphatic heterocycles. The maximum atomic E-state index is 12.7. The van der Waals surface area contributed by atoms with Crippen molar-refractivity contribution in [1.82, 2.24) is 14.2 Å². The molecule has 28 heavy (non-hydrogen) atoms. The van der Waals surface area contributed by atoms with E-state index in [1.54, 1.807) is 23.7 Å². The van der Waals surface area contributed by atoms with Crippen molar-refractivity contribution in [2.75, 3.05) is 38.2 Å². The largest absolute Gasteiger partial charge is 0.494 e. The van der Waals surface area contributed by atoms with Gasteiger partial charge in [0, 0.05) is 44.4 Å². The Balaban J connectivity index is 1.67. The number of sulfonamides is 1. The normalized spacial score (nSPS) is 15.4. The van der Waals surface area contributed by atoms with Gasteiger partial charge in [0.2, 0.25) is 10.0 Å². The van der Waals surface area contributed by atoms with Gasteiger partial charge >= 0.3 is 0 Å². The summed E-state index contributed by atoms with van der Waals surface area (Å²) in [5.74, 6) is 2.11. The Morgan fingerprint density at radius 3 is 2.57 bits per heavy atom. The highest BCUT2D eigenvalue weighted by atomic mass is 32.2. The van der Waals surface area contributed by atoms with Gasteiger partial charge in [-0.3, -0.25) is 4.79 Å². The lowest BCUT2D eigenvalue weighted by molar-refractivity contribution is 0.0780. The number of aromatic amines is 1. The van der Waals surface area contributed by atoms with Crippen LogP contribution in [-0.2, 0) is 16.6 Å². The molecule has 9 heteroatoms. The quantitative estimate of drug-likeness (QED) is 0.740. The summed E-state index contributed by atoms with van der Waals surface area (Å²) in [6.45, 7) is 3.94. The first-order valence-corrected chi connectivity index (χ1v) is 11.7. The topological polar surface area (TPSA) is 82.7 Å². The van der Waals surface area contributed by atoms with E-state index in [0.29, 0.717) is 26.2 Å². The predicted molar refractivity (Wildman–Crippen MR) is 110 cm³/mol. The molecule has 152 valence electrons. The molecule has 3 rings (SSSR count). The Labute approximate surface area is 170 Å². The van der Waals surface area contributed by atoms with Gasteiger partial charge < -0.3 is 14.6 Å². The van der Waals surface area contributed by atoms with Gasteiger partial charge in [0.15, 0.2) is 0 Å². The molecule has 0 bridgehead atoms. The highest BCUT2D eigenvalue weighted by Gasteiger charge is 2.28. The summed E-state index contributed by atoms with van der Waals surface area (Å²) < 4.78 is 32.4. The summed E-state index contributed by atoms with van der Waals surface area (Å²) in [5, 5.41) is 0. The molecule has 0 unspecified atom stereocenters. The van der Waals surface area contributed by atoms with Crippen LogP contribution in [0.1, 0.15) is 23.0 Å². The van der Waals surface area contributed by atoms with E-state index in [9.17, 15) is 13.2 Å². The van der Waals surface area contributed by atoms with Crippen molar-refractivity contribution in [2.45, 2.75) is 18.4 Å². The number of nitrogens with zero attached hydrogens (tertiary/aromatic N) is 2. The SMILES string of the molecule is CCOc1ccc(CN(C)C(=O)c2cc(S(=O)(=O)N3CCSCC3)c[nH]2)cc1. The molecular weight excluding hydrogens is 398 g/mol. The fourth-order valence-corrected chi connectivity index (χ4v) is 5.56. The van der Waals surface area contributed by atoms with E-state index in [2.05, 4.69) is 4.98 Å². The van der Waals surface area contributed by atoms with Crippen molar-refractivity contribution in [2.24, 2.45) is 0 Å². The summed E-state index contributed by atoms with van der Waals surface area (Å²) in [7, 11) is -1.88. The second kappa shape index (κ2) is 9.02. The monoisotopic (exact) mass is 423 g/mol. The molecule has 2 aromatic rings. The van der Waals surface area contributed by atoms with Crippen molar-refractivity contribution in [3.63, 3.8) is 0 Å². The standard InChI is InChI=1S/C19H25N3O4S2/c1-3-26-16-6-4-15(5-7-16)14-21(2)19(23)18-12-17(13-20-18)28(24,25)22-8-10-27-11-9-22/h4-7,12-13,20H,3,8-11,14H2,1-2H3. The van der Waals surface area contributed by atoms with Gasteiger partial charge in [-0.2, -0.15) is 16.1 Å². The second-order valence-electron chi connectivity index (χ2n) is 6.50. The third-order valence-electron chi connectivity index (χ3n) is 4.50.